The van der Waals surface area contributed by atoms with Gasteiger partial charge in [0.2, 0.25) is 0 Å². The van der Waals surface area contributed by atoms with E-state index in [-0.39, 0.29) is 18.1 Å². The lowest BCUT2D eigenvalue weighted by atomic mass is 10.0. The molecule has 2 atom stereocenters. The monoisotopic (exact) mass is 380 g/mol. The quantitative estimate of drug-likeness (QED) is 0.818. The van der Waals surface area contributed by atoms with E-state index >= 15 is 0 Å². The van der Waals surface area contributed by atoms with Crippen molar-refractivity contribution in [2.45, 2.75) is 18.2 Å². The summed E-state index contributed by atoms with van der Waals surface area (Å²) < 4.78 is 17.1. The number of rotatable bonds is 3. The van der Waals surface area contributed by atoms with Gasteiger partial charge in [-0.15, -0.1) is 0 Å². The van der Waals surface area contributed by atoms with Crippen LogP contribution in [0.3, 0.4) is 0 Å². The molecule has 0 aromatic heterocycles. The van der Waals surface area contributed by atoms with Crippen molar-refractivity contribution in [2.24, 2.45) is 0 Å². The number of likely N-dealkylation sites (N-methyl/N-ethyl adjacent to an activating group) is 1. The van der Waals surface area contributed by atoms with E-state index in [2.05, 4.69) is 4.90 Å². The molecular weight excluding hydrogens is 356 g/mol. The van der Waals surface area contributed by atoms with E-state index in [9.17, 15) is 4.79 Å². The van der Waals surface area contributed by atoms with Crippen molar-refractivity contribution in [3.05, 3.63) is 48.0 Å². The molecule has 2 saturated heterocycles. The van der Waals surface area contributed by atoms with Gasteiger partial charge in [-0.05, 0) is 35.4 Å². The molecule has 0 saturated carbocycles. The average Bonchev–Trinajstić information content (AvgIpc) is 3.04. The van der Waals surface area contributed by atoms with Crippen molar-refractivity contribution in [1.29, 1.82) is 0 Å². The SMILES string of the molecule is COc1cccc(-c2ccc3c(c2)OC2CN(C4COC4)CC2N(C)C3=O)c1. The van der Waals surface area contributed by atoms with Gasteiger partial charge in [0.1, 0.15) is 17.6 Å². The van der Waals surface area contributed by atoms with E-state index < -0.39 is 0 Å². The predicted octanol–water partition coefficient (Wildman–Crippen LogP) is 2.28. The number of methoxy groups -OCH3 is 1. The van der Waals surface area contributed by atoms with E-state index in [0.717, 1.165) is 43.2 Å². The van der Waals surface area contributed by atoms with Gasteiger partial charge in [-0.1, -0.05) is 18.2 Å². The maximum Gasteiger partial charge on any atom is 0.257 e. The Morgan fingerprint density at radius 1 is 1.07 bits per heavy atom. The molecule has 2 fully saturated rings. The Balaban J connectivity index is 1.48. The first-order chi connectivity index (χ1) is 13.6. The Morgan fingerprint density at radius 2 is 1.89 bits per heavy atom. The first kappa shape index (κ1) is 17.5. The molecular formula is C22H24N2O4. The highest BCUT2D eigenvalue weighted by Crippen LogP contribution is 2.35. The summed E-state index contributed by atoms with van der Waals surface area (Å²) in [5, 5.41) is 0. The largest absolute Gasteiger partial charge is 0.497 e. The van der Waals surface area contributed by atoms with Crippen molar-refractivity contribution in [3.63, 3.8) is 0 Å². The third kappa shape index (κ3) is 2.84. The second-order valence-corrected chi connectivity index (χ2v) is 7.73. The molecule has 146 valence electrons. The zero-order chi connectivity index (χ0) is 19.3. The van der Waals surface area contributed by atoms with Crippen LogP contribution in [0.15, 0.2) is 42.5 Å². The molecule has 0 spiro atoms. The van der Waals surface area contributed by atoms with E-state index in [0.29, 0.717) is 17.4 Å². The smallest absolute Gasteiger partial charge is 0.257 e. The zero-order valence-corrected chi connectivity index (χ0v) is 16.1. The summed E-state index contributed by atoms with van der Waals surface area (Å²) in [6, 6.07) is 14.2. The zero-order valence-electron chi connectivity index (χ0n) is 16.1. The van der Waals surface area contributed by atoms with Crippen molar-refractivity contribution in [3.8, 4) is 22.6 Å². The summed E-state index contributed by atoms with van der Waals surface area (Å²) in [6.45, 7) is 3.19. The van der Waals surface area contributed by atoms with Crippen LogP contribution in [0.5, 0.6) is 11.5 Å². The molecule has 3 heterocycles. The van der Waals surface area contributed by atoms with Crippen molar-refractivity contribution in [1.82, 2.24) is 9.80 Å². The lowest BCUT2D eigenvalue weighted by Crippen LogP contribution is -2.49. The number of hydrogen-bond donors (Lipinski definition) is 0. The highest BCUT2D eigenvalue weighted by atomic mass is 16.5. The molecule has 2 unspecified atom stereocenters. The van der Waals surface area contributed by atoms with Crippen LogP contribution >= 0.6 is 0 Å². The Labute approximate surface area is 164 Å². The number of carbonyl (C=O) groups is 1. The maximum atomic E-state index is 13.1. The van der Waals surface area contributed by atoms with Crippen LogP contribution in [0.4, 0.5) is 0 Å². The van der Waals surface area contributed by atoms with Crippen LogP contribution < -0.4 is 9.47 Å². The Kier molecular flexibility index (Phi) is 4.25. The average molecular weight is 380 g/mol. The third-order valence-electron chi connectivity index (χ3n) is 6.11. The first-order valence-electron chi connectivity index (χ1n) is 9.68. The van der Waals surface area contributed by atoms with Crippen molar-refractivity contribution in [2.75, 3.05) is 40.5 Å². The molecule has 3 aliphatic heterocycles. The summed E-state index contributed by atoms with van der Waals surface area (Å²) >= 11 is 0. The summed E-state index contributed by atoms with van der Waals surface area (Å²) in [7, 11) is 3.54. The van der Waals surface area contributed by atoms with Crippen molar-refractivity contribution < 1.29 is 19.0 Å². The lowest BCUT2D eigenvalue weighted by Gasteiger charge is -2.34. The molecule has 0 aliphatic carbocycles. The van der Waals surface area contributed by atoms with Crippen LogP contribution in [-0.4, -0.2) is 74.4 Å². The van der Waals surface area contributed by atoms with Crippen LogP contribution in [0.2, 0.25) is 0 Å². The Bertz CT molecular complexity index is 911. The van der Waals surface area contributed by atoms with Crippen LogP contribution in [0, 0.1) is 0 Å². The topological polar surface area (TPSA) is 51.2 Å². The summed E-state index contributed by atoms with van der Waals surface area (Å²) in [5.41, 5.74) is 2.67. The number of benzene rings is 2. The highest BCUT2D eigenvalue weighted by Gasteiger charge is 2.45. The molecule has 2 aromatic rings. The number of hydrogen-bond acceptors (Lipinski definition) is 5. The molecule has 1 amide bonds. The molecule has 3 aliphatic rings. The highest BCUT2D eigenvalue weighted by molar-refractivity contribution is 5.98. The number of ether oxygens (including phenoxy) is 3. The molecule has 0 radical (unpaired) electrons. The fourth-order valence-electron chi connectivity index (χ4n) is 4.29. The number of carbonyl (C=O) groups excluding carboxylic acids is 1. The van der Waals surface area contributed by atoms with Gasteiger partial charge in [0, 0.05) is 20.1 Å². The van der Waals surface area contributed by atoms with Crippen LogP contribution in [-0.2, 0) is 4.74 Å². The number of nitrogens with zero attached hydrogens (tertiary/aromatic N) is 2. The standard InChI is InChI=1S/C22H24N2O4/c1-23-19-10-24(16-12-27-13-16)11-21(19)28-20-9-15(6-7-18(20)22(23)25)14-4-3-5-17(8-14)26-2/h3-9,16,19,21H,10-13H2,1-2H3. The minimum absolute atomic E-state index is 0.0198. The molecule has 28 heavy (non-hydrogen) atoms. The molecule has 6 nitrogen and oxygen atoms in total. The van der Waals surface area contributed by atoms with Gasteiger partial charge >= 0.3 is 0 Å². The van der Waals surface area contributed by atoms with Gasteiger partial charge < -0.3 is 19.1 Å². The minimum atomic E-state index is -0.0311. The summed E-state index contributed by atoms with van der Waals surface area (Å²) in [6.07, 6.45) is -0.0311. The Hall–Kier alpha value is -2.57. The minimum Gasteiger partial charge on any atom is -0.497 e. The van der Waals surface area contributed by atoms with Gasteiger partial charge in [-0.2, -0.15) is 0 Å². The third-order valence-corrected chi connectivity index (χ3v) is 6.11. The van der Waals surface area contributed by atoms with Gasteiger partial charge in [-0.3, -0.25) is 9.69 Å². The summed E-state index contributed by atoms with van der Waals surface area (Å²) in [4.78, 5) is 17.3. The molecule has 0 N–H and O–H groups in total. The molecule has 5 rings (SSSR count). The number of likely N-dealkylation sites (tertiary alicyclic amines) is 1. The number of fused-ring (bicyclic) bond motifs is 2. The van der Waals surface area contributed by atoms with Crippen LogP contribution in [0.25, 0.3) is 11.1 Å². The summed E-state index contributed by atoms with van der Waals surface area (Å²) in [5.74, 6) is 1.49. The van der Waals surface area contributed by atoms with Crippen molar-refractivity contribution >= 4 is 5.91 Å². The normalized spacial score (nSPS) is 24.8. The lowest BCUT2D eigenvalue weighted by molar-refractivity contribution is -0.0599. The van der Waals surface area contributed by atoms with E-state index in [4.69, 9.17) is 14.2 Å². The fourth-order valence-corrected chi connectivity index (χ4v) is 4.29. The molecule has 2 aromatic carbocycles. The molecule has 6 heteroatoms. The second kappa shape index (κ2) is 6.79. The number of amides is 1. The predicted molar refractivity (Wildman–Crippen MR) is 105 cm³/mol. The van der Waals surface area contributed by atoms with Gasteiger partial charge in [0.15, 0.2) is 0 Å². The van der Waals surface area contributed by atoms with Gasteiger partial charge in [0.05, 0.1) is 38.0 Å². The Morgan fingerprint density at radius 3 is 2.64 bits per heavy atom. The van der Waals surface area contributed by atoms with Gasteiger partial charge in [-0.25, -0.2) is 0 Å². The second-order valence-electron chi connectivity index (χ2n) is 7.73. The van der Waals surface area contributed by atoms with Crippen LogP contribution in [0.1, 0.15) is 10.4 Å². The van der Waals surface area contributed by atoms with E-state index in [1.54, 1.807) is 7.11 Å². The van der Waals surface area contributed by atoms with E-state index in [1.807, 2.05) is 54.4 Å². The van der Waals surface area contributed by atoms with Gasteiger partial charge in [0.25, 0.3) is 5.91 Å². The first-order valence-corrected chi connectivity index (χ1v) is 9.68. The molecule has 0 bridgehead atoms. The fraction of sp³-hybridized carbons (Fsp3) is 0.409. The maximum absolute atomic E-state index is 13.1. The van der Waals surface area contributed by atoms with E-state index in [1.165, 1.54) is 0 Å².